The molecule has 0 saturated carbocycles. The quantitative estimate of drug-likeness (QED) is 0.572. The maximum absolute atomic E-state index is 5.25. The minimum Gasteiger partial charge on any atom is -0.497 e. The molecule has 0 atom stereocenters. The topological polar surface area (TPSA) is 56.7 Å². The molecule has 0 radical (unpaired) electrons. The largest absolute Gasteiger partial charge is 0.497 e. The van der Waals surface area contributed by atoms with Crippen LogP contribution in [-0.4, -0.2) is 57.6 Å². The van der Waals surface area contributed by atoms with Gasteiger partial charge >= 0.3 is 0 Å². The van der Waals surface area contributed by atoms with E-state index in [1.165, 1.54) is 0 Å². The van der Waals surface area contributed by atoms with Crippen molar-refractivity contribution >= 4 is 27.4 Å². The maximum atomic E-state index is 5.25. The molecule has 7 heteroatoms. The van der Waals surface area contributed by atoms with E-state index in [2.05, 4.69) is 33.1 Å². The van der Waals surface area contributed by atoms with E-state index in [1.807, 2.05) is 12.1 Å². The van der Waals surface area contributed by atoms with Crippen LogP contribution in [0, 0.1) is 0 Å². The SMILES string of the molecule is COCCN(CCOC)c1ncnc2cc(-c3ccc(OC)cc3)sc12. The molecule has 0 spiro atoms. The summed E-state index contributed by atoms with van der Waals surface area (Å²) in [6, 6.07) is 10.2. The van der Waals surface area contributed by atoms with Gasteiger partial charge in [-0.25, -0.2) is 9.97 Å². The number of fused-ring (bicyclic) bond motifs is 1. The van der Waals surface area contributed by atoms with Gasteiger partial charge in [-0.2, -0.15) is 0 Å². The summed E-state index contributed by atoms with van der Waals surface area (Å²) in [5.74, 6) is 1.77. The Labute approximate surface area is 157 Å². The van der Waals surface area contributed by atoms with Crippen molar-refractivity contribution in [3.8, 4) is 16.2 Å². The number of thiophene rings is 1. The second kappa shape index (κ2) is 8.93. The van der Waals surface area contributed by atoms with Crippen molar-refractivity contribution in [2.75, 3.05) is 52.5 Å². The van der Waals surface area contributed by atoms with E-state index in [1.54, 1.807) is 39.0 Å². The standard InChI is InChI=1S/C19H23N3O3S/c1-23-10-8-22(9-11-24-2)19-18-16(20-13-21-19)12-17(26-18)14-4-6-15(25-3)7-5-14/h4-7,12-13H,8-11H2,1-3H3. The van der Waals surface area contributed by atoms with Crippen molar-refractivity contribution < 1.29 is 14.2 Å². The van der Waals surface area contributed by atoms with Crippen molar-refractivity contribution in [3.05, 3.63) is 36.7 Å². The first-order chi connectivity index (χ1) is 12.8. The highest BCUT2D eigenvalue weighted by Gasteiger charge is 2.16. The normalized spacial score (nSPS) is 11.0. The van der Waals surface area contributed by atoms with Crippen molar-refractivity contribution in [2.24, 2.45) is 0 Å². The highest BCUT2D eigenvalue weighted by Crippen LogP contribution is 2.37. The lowest BCUT2D eigenvalue weighted by molar-refractivity contribution is 0.190. The predicted molar refractivity (Wildman–Crippen MR) is 105 cm³/mol. The van der Waals surface area contributed by atoms with Gasteiger partial charge in [0.2, 0.25) is 0 Å². The Balaban J connectivity index is 1.96. The smallest absolute Gasteiger partial charge is 0.150 e. The van der Waals surface area contributed by atoms with E-state index in [9.17, 15) is 0 Å². The summed E-state index contributed by atoms with van der Waals surface area (Å²) in [4.78, 5) is 12.3. The molecule has 0 saturated heterocycles. The first kappa shape index (κ1) is 18.6. The van der Waals surface area contributed by atoms with Crippen LogP contribution in [0.5, 0.6) is 5.75 Å². The van der Waals surface area contributed by atoms with E-state index in [0.29, 0.717) is 13.2 Å². The first-order valence-corrected chi connectivity index (χ1v) is 9.20. The molecule has 3 aromatic rings. The molecule has 0 aliphatic rings. The summed E-state index contributed by atoms with van der Waals surface area (Å²) in [6.45, 7) is 2.77. The molecule has 0 aliphatic carbocycles. The van der Waals surface area contributed by atoms with Gasteiger partial charge in [-0.1, -0.05) is 0 Å². The zero-order valence-corrected chi connectivity index (χ0v) is 16.1. The van der Waals surface area contributed by atoms with E-state index < -0.39 is 0 Å². The number of aromatic nitrogens is 2. The van der Waals surface area contributed by atoms with E-state index in [4.69, 9.17) is 14.2 Å². The monoisotopic (exact) mass is 373 g/mol. The van der Waals surface area contributed by atoms with Crippen LogP contribution in [0.4, 0.5) is 5.82 Å². The molecule has 0 bridgehead atoms. The van der Waals surface area contributed by atoms with Crippen LogP contribution in [0.15, 0.2) is 36.7 Å². The van der Waals surface area contributed by atoms with Crippen LogP contribution in [0.25, 0.3) is 20.7 Å². The van der Waals surface area contributed by atoms with Crippen LogP contribution in [-0.2, 0) is 9.47 Å². The Kier molecular flexibility index (Phi) is 6.38. The molecule has 1 aromatic carbocycles. The summed E-state index contributed by atoms with van der Waals surface area (Å²) < 4.78 is 16.8. The Morgan fingerprint density at radius 3 is 2.27 bits per heavy atom. The molecule has 0 amide bonds. The van der Waals surface area contributed by atoms with Crippen molar-refractivity contribution in [1.82, 2.24) is 9.97 Å². The summed E-state index contributed by atoms with van der Waals surface area (Å²) >= 11 is 1.70. The number of hydrogen-bond acceptors (Lipinski definition) is 7. The molecule has 0 unspecified atom stereocenters. The zero-order chi connectivity index (χ0) is 18.4. The van der Waals surface area contributed by atoms with Gasteiger partial charge in [0.05, 0.1) is 30.5 Å². The van der Waals surface area contributed by atoms with Gasteiger partial charge in [0.15, 0.2) is 0 Å². The molecule has 0 N–H and O–H groups in total. The van der Waals surface area contributed by atoms with Gasteiger partial charge in [-0.3, -0.25) is 0 Å². The fourth-order valence-corrected chi connectivity index (χ4v) is 3.82. The van der Waals surface area contributed by atoms with Gasteiger partial charge in [-0.15, -0.1) is 11.3 Å². The van der Waals surface area contributed by atoms with E-state index in [-0.39, 0.29) is 0 Å². The van der Waals surface area contributed by atoms with Crippen LogP contribution >= 0.6 is 11.3 Å². The van der Waals surface area contributed by atoms with Crippen LogP contribution in [0.1, 0.15) is 0 Å². The Morgan fingerprint density at radius 2 is 1.65 bits per heavy atom. The summed E-state index contributed by atoms with van der Waals surface area (Å²) in [5.41, 5.74) is 2.09. The van der Waals surface area contributed by atoms with Gasteiger partial charge in [-0.05, 0) is 35.9 Å². The number of hydrogen-bond donors (Lipinski definition) is 0. The molecule has 2 aromatic heterocycles. The fourth-order valence-electron chi connectivity index (χ4n) is 2.69. The summed E-state index contributed by atoms with van der Waals surface area (Å²) in [6.07, 6.45) is 1.62. The van der Waals surface area contributed by atoms with Gasteiger partial charge < -0.3 is 19.1 Å². The fraction of sp³-hybridized carbons (Fsp3) is 0.368. The third-order valence-electron chi connectivity index (χ3n) is 4.10. The zero-order valence-electron chi connectivity index (χ0n) is 15.3. The molecule has 2 heterocycles. The number of anilines is 1. The van der Waals surface area contributed by atoms with Crippen LogP contribution in [0.3, 0.4) is 0 Å². The van der Waals surface area contributed by atoms with Crippen LogP contribution in [0.2, 0.25) is 0 Å². The summed E-state index contributed by atoms with van der Waals surface area (Å²) in [5, 5.41) is 0. The Morgan fingerprint density at radius 1 is 0.962 bits per heavy atom. The molecule has 138 valence electrons. The lowest BCUT2D eigenvalue weighted by atomic mass is 10.2. The third-order valence-corrected chi connectivity index (χ3v) is 5.27. The summed E-state index contributed by atoms with van der Waals surface area (Å²) in [7, 11) is 5.08. The van der Waals surface area contributed by atoms with Crippen LogP contribution < -0.4 is 9.64 Å². The highest BCUT2D eigenvalue weighted by molar-refractivity contribution is 7.22. The lowest BCUT2D eigenvalue weighted by Crippen LogP contribution is -2.31. The van der Waals surface area contributed by atoms with E-state index in [0.717, 1.165) is 45.3 Å². The number of ether oxygens (including phenoxy) is 3. The Hall–Kier alpha value is -2.22. The number of rotatable bonds is 9. The molecule has 26 heavy (non-hydrogen) atoms. The average Bonchev–Trinajstić information content (AvgIpc) is 3.13. The number of benzene rings is 1. The van der Waals surface area contributed by atoms with Crippen molar-refractivity contribution in [1.29, 1.82) is 0 Å². The second-order valence-corrected chi connectivity index (χ2v) is 6.78. The molecular weight excluding hydrogens is 350 g/mol. The highest BCUT2D eigenvalue weighted by atomic mass is 32.1. The molecule has 6 nitrogen and oxygen atoms in total. The minimum atomic E-state index is 0.631. The average molecular weight is 373 g/mol. The van der Waals surface area contributed by atoms with E-state index >= 15 is 0 Å². The van der Waals surface area contributed by atoms with Crippen molar-refractivity contribution in [3.63, 3.8) is 0 Å². The van der Waals surface area contributed by atoms with Gasteiger partial charge in [0.1, 0.15) is 17.9 Å². The maximum Gasteiger partial charge on any atom is 0.150 e. The van der Waals surface area contributed by atoms with Gasteiger partial charge in [0.25, 0.3) is 0 Å². The molecular formula is C19H23N3O3S. The molecule has 3 rings (SSSR count). The Bertz CT molecular complexity index is 828. The van der Waals surface area contributed by atoms with Crippen molar-refractivity contribution in [2.45, 2.75) is 0 Å². The number of methoxy groups -OCH3 is 3. The van der Waals surface area contributed by atoms with Gasteiger partial charge in [0, 0.05) is 32.2 Å². The lowest BCUT2D eigenvalue weighted by Gasteiger charge is -2.23. The minimum absolute atomic E-state index is 0.631. The first-order valence-electron chi connectivity index (χ1n) is 8.38. The number of nitrogens with zero attached hydrogens (tertiary/aromatic N) is 3. The molecule has 0 aliphatic heterocycles. The second-order valence-electron chi connectivity index (χ2n) is 5.72. The third kappa shape index (κ3) is 4.12. The molecule has 0 fully saturated rings. The predicted octanol–water partition coefficient (Wildman–Crippen LogP) is 3.47.